The van der Waals surface area contributed by atoms with E-state index < -0.39 is 0 Å². The molecule has 8 heteroatoms. The number of amides is 1. The Balaban J connectivity index is 0.00000338. The van der Waals surface area contributed by atoms with Crippen LogP contribution in [0.3, 0.4) is 0 Å². The van der Waals surface area contributed by atoms with Crippen LogP contribution in [0, 0.1) is 0 Å². The number of benzene rings is 1. The Morgan fingerprint density at radius 1 is 1.12 bits per heavy atom. The Labute approximate surface area is 175 Å². The van der Waals surface area contributed by atoms with Crippen molar-refractivity contribution in [1.82, 2.24) is 16.0 Å². The normalized spacial score (nSPS) is 10.8. The molecule has 6 nitrogen and oxygen atoms in total. The Hall–Kier alpha value is -1.74. The van der Waals surface area contributed by atoms with Crippen molar-refractivity contribution in [3.8, 4) is 0 Å². The van der Waals surface area contributed by atoms with Crippen LogP contribution < -0.4 is 16.0 Å². The molecule has 0 unspecified atom stereocenters. The van der Waals surface area contributed by atoms with E-state index in [9.17, 15) is 4.79 Å². The number of hydrogen-bond donors (Lipinski definition) is 3. The van der Waals surface area contributed by atoms with Crippen molar-refractivity contribution in [3.63, 3.8) is 0 Å². The molecule has 0 radical (unpaired) electrons. The number of carbonyl (C=O) groups excluding carboxylic acids is 1. The number of hydrogen-bond acceptors (Lipinski definition) is 3. The second kappa shape index (κ2) is 12.6. The van der Waals surface area contributed by atoms with Crippen LogP contribution in [-0.2, 0) is 6.42 Å². The molecule has 0 saturated carbocycles. The summed E-state index contributed by atoms with van der Waals surface area (Å²) in [7, 11) is 0. The average molecular weight is 491 g/mol. The zero-order valence-electron chi connectivity index (χ0n) is 14.6. The minimum Gasteiger partial charge on any atom is -0.469 e. The molecule has 2 rings (SSSR count). The lowest BCUT2D eigenvalue weighted by molar-refractivity contribution is 0.0954. The molecular formula is C18H24ClIN4O2. The van der Waals surface area contributed by atoms with E-state index in [4.69, 9.17) is 16.0 Å². The van der Waals surface area contributed by atoms with E-state index in [0.29, 0.717) is 36.2 Å². The molecule has 1 heterocycles. The second-order valence-electron chi connectivity index (χ2n) is 5.25. The van der Waals surface area contributed by atoms with Gasteiger partial charge < -0.3 is 20.4 Å². The standard InChI is InChI=1S/C18H23ClN4O2.HI/c1-2-20-18(22-10-9-14-6-5-13-25-14)23-12-11-21-17(24)15-7-3-4-8-16(15)19;/h3-8,13H,2,9-12H2,1H3,(H,21,24)(H2,20,22,23);1H. The highest BCUT2D eigenvalue weighted by Crippen LogP contribution is 2.14. The van der Waals surface area contributed by atoms with Gasteiger partial charge >= 0.3 is 0 Å². The summed E-state index contributed by atoms with van der Waals surface area (Å²) in [6.07, 6.45) is 2.40. The highest BCUT2D eigenvalue weighted by atomic mass is 127. The third-order valence-corrected chi connectivity index (χ3v) is 3.70. The van der Waals surface area contributed by atoms with Gasteiger partial charge in [0.2, 0.25) is 0 Å². The molecule has 0 saturated heterocycles. The lowest BCUT2D eigenvalue weighted by Crippen LogP contribution is -2.41. The predicted octanol–water partition coefficient (Wildman–Crippen LogP) is 3.08. The monoisotopic (exact) mass is 490 g/mol. The quantitative estimate of drug-likeness (QED) is 0.230. The number of halogens is 2. The van der Waals surface area contributed by atoms with Gasteiger partial charge in [0, 0.05) is 32.6 Å². The van der Waals surface area contributed by atoms with E-state index >= 15 is 0 Å². The van der Waals surface area contributed by atoms with Crippen LogP contribution in [0.25, 0.3) is 0 Å². The van der Waals surface area contributed by atoms with Gasteiger partial charge in [-0.3, -0.25) is 9.79 Å². The van der Waals surface area contributed by atoms with Crippen LogP contribution in [0.1, 0.15) is 23.0 Å². The largest absolute Gasteiger partial charge is 0.469 e. The third-order valence-electron chi connectivity index (χ3n) is 3.37. The van der Waals surface area contributed by atoms with E-state index in [0.717, 1.165) is 18.7 Å². The molecule has 1 amide bonds. The topological polar surface area (TPSA) is 78.7 Å². The summed E-state index contributed by atoms with van der Waals surface area (Å²) >= 11 is 6.01. The molecule has 0 aliphatic heterocycles. The van der Waals surface area contributed by atoms with Crippen molar-refractivity contribution < 1.29 is 9.21 Å². The summed E-state index contributed by atoms with van der Waals surface area (Å²) in [5.41, 5.74) is 0.475. The maximum atomic E-state index is 12.1. The van der Waals surface area contributed by atoms with Gasteiger partial charge in [-0.25, -0.2) is 0 Å². The fourth-order valence-electron chi connectivity index (χ4n) is 2.17. The van der Waals surface area contributed by atoms with Crippen molar-refractivity contribution in [2.24, 2.45) is 4.99 Å². The fourth-order valence-corrected chi connectivity index (χ4v) is 2.39. The van der Waals surface area contributed by atoms with E-state index in [1.165, 1.54) is 0 Å². The maximum absolute atomic E-state index is 12.1. The molecule has 142 valence electrons. The summed E-state index contributed by atoms with van der Waals surface area (Å²) in [6.45, 7) is 4.41. The van der Waals surface area contributed by atoms with Gasteiger partial charge in [-0.05, 0) is 31.2 Å². The third kappa shape index (κ3) is 7.65. The molecule has 0 aliphatic rings. The fraction of sp³-hybridized carbons (Fsp3) is 0.333. The molecular weight excluding hydrogens is 467 g/mol. The van der Waals surface area contributed by atoms with E-state index in [2.05, 4.69) is 20.9 Å². The summed E-state index contributed by atoms with van der Waals surface area (Å²) < 4.78 is 5.28. The minimum atomic E-state index is -0.188. The number of furan rings is 1. The lowest BCUT2D eigenvalue weighted by Gasteiger charge is -2.12. The zero-order valence-corrected chi connectivity index (χ0v) is 17.7. The number of nitrogens with zero attached hydrogens (tertiary/aromatic N) is 1. The lowest BCUT2D eigenvalue weighted by atomic mass is 10.2. The number of rotatable bonds is 8. The Morgan fingerprint density at radius 2 is 1.88 bits per heavy atom. The first-order valence-corrected chi connectivity index (χ1v) is 8.65. The summed E-state index contributed by atoms with van der Waals surface area (Å²) in [6, 6.07) is 10.8. The second-order valence-corrected chi connectivity index (χ2v) is 5.66. The van der Waals surface area contributed by atoms with Gasteiger partial charge in [0.1, 0.15) is 5.76 Å². The Kier molecular flexibility index (Phi) is 10.8. The van der Waals surface area contributed by atoms with Gasteiger partial charge in [-0.15, -0.1) is 24.0 Å². The average Bonchev–Trinajstić information content (AvgIpc) is 3.12. The smallest absolute Gasteiger partial charge is 0.252 e. The first-order chi connectivity index (χ1) is 12.2. The SMILES string of the molecule is CCNC(=NCCc1ccco1)NCCNC(=O)c1ccccc1Cl.I. The summed E-state index contributed by atoms with van der Waals surface area (Å²) in [4.78, 5) is 16.5. The number of aliphatic imine (C=N–C) groups is 1. The molecule has 0 atom stereocenters. The molecule has 2 aromatic rings. The molecule has 26 heavy (non-hydrogen) atoms. The van der Waals surface area contributed by atoms with Crippen molar-refractivity contribution >= 4 is 47.4 Å². The Bertz CT molecular complexity index is 692. The molecule has 0 fully saturated rings. The molecule has 0 aliphatic carbocycles. The van der Waals surface area contributed by atoms with Gasteiger partial charge in [-0.2, -0.15) is 0 Å². The van der Waals surface area contributed by atoms with Gasteiger partial charge in [0.25, 0.3) is 5.91 Å². The van der Waals surface area contributed by atoms with Crippen LogP contribution >= 0.6 is 35.6 Å². The molecule has 0 spiro atoms. The highest BCUT2D eigenvalue weighted by molar-refractivity contribution is 14.0. The van der Waals surface area contributed by atoms with Crippen LogP contribution in [0.2, 0.25) is 5.02 Å². The van der Waals surface area contributed by atoms with Crippen LogP contribution in [-0.4, -0.2) is 38.0 Å². The predicted molar refractivity (Wildman–Crippen MR) is 116 cm³/mol. The van der Waals surface area contributed by atoms with Crippen LogP contribution in [0.15, 0.2) is 52.1 Å². The van der Waals surface area contributed by atoms with Gasteiger partial charge in [0.05, 0.1) is 16.8 Å². The number of nitrogens with one attached hydrogen (secondary N) is 3. The van der Waals surface area contributed by atoms with Gasteiger partial charge in [-0.1, -0.05) is 23.7 Å². The van der Waals surface area contributed by atoms with Crippen molar-refractivity contribution in [2.75, 3.05) is 26.2 Å². The van der Waals surface area contributed by atoms with Crippen molar-refractivity contribution in [3.05, 3.63) is 59.0 Å². The molecule has 0 bridgehead atoms. The summed E-state index contributed by atoms with van der Waals surface area (Å²) in [5, 5.41) is 9.63. The molecule has 1 aromatic carbocycles. The molecule has 1 aromatic heterocycles. The number of carbonyl (C=O) groups is 1. The van der Waals surface area contributed by atoms with E-state index in [-0.39, 0.29) is 29.9 Å². The Morgan fingerprint density at radius 3 is 2.58 bits per heavy atom. The van der Waals surface area contributed by atoms with Crippen LogP contribution in [0.5, 0.6) is 0 Å². The van der Waals surface area contributed by atoms with E-state index in [1.54, 1.807) is 30.5 Å². The minimum absolute atomic E-state index is 0. The zero-order chi connectivity index (χ0) is 17.9. The number of guanidine groups is 1. The van der Waals surface area contributed by atoms with Crippen molar-refractivity contribution in [1.29, 1.82) is 0 Å². The van der Waals surface area contributed by atoms with E-state index in [1.807, 2.05) is 19.1 Å². The first kappa shape index (κ1) is 22.3. The van der Waals surface area contributed by atoms with Crippen LogP contribution in [0.4, 0.5) is 0 Å². The maximum Gasteiger partial charge on any atom is 0.252 e. The van der Waals surface area contributed by atoms with Crippen molar-refractivity contribution in [2.45, 2.75) is 13.3 Å². The van der Waals surface area contributed by atoms with Gasteiger partial charge in [0.15, 0.2) is 5.96 Å². The first-order valence-electron chi connectivity index (χ1n) is 8.28. The highest BCUT2D eigenvalue weighted by Gasteiger charge is 2.08. The summed E-state index contributed by atoms with van der Waals surface area (Å²) in [5.74, 6) is 1.43. The molecule has 3 N–H and O–H groups in total.